The highest BCUT2D eigenvalue weighted by atomic mass is 16.2. The maximum Gasteiger partial charge on any atom is 0.354 e. The van der Waals surface area contributed by atoms with Gasteiger partial charge in [0, 0.05) is 45.0 Å². The fraction of sp³-hybridized carbons (Fsp3) is 0.542. The molecule has 2 aromatic rings. The summed E-state index contributed by atoms with van der Waals surface area (Å²) in [4.78, 5) is 33.3. The molecule has 5 rings (SSSR count). The van der Waals surface area contributed by atoms with Crippen molar-refractivity contribution in [2.75, 3.05) is 44.6 Å². The van der Waals surface area contributed by atoms with Crippen molar-refractivity contribution in [1.82, 2.24) is 19.4 Å². The summed E-state index contributed by atoms with van der Waals surface area (Å²) in [6.45, 7) is 5.48. The van der Waals surface area contributed by atoms with E-state index in [9.17, 15) is 9.59 Å². The van der Waals surface area contributed by atoms with Crippen molar-refractivity contribution in [3.8, 4) is 5.69 Å². The smallest absolute Gasteiger partial charge is 0.330 e. The van der Waals surface area contributed by atoms with E-state index < -0.39 is 5.69 Å². The number of urea groups is 1. The molecule has 3 atom stereocenters. The molecule has 0 spiro atoms. The van der Waals surface area contributed by atoms with Gasteiger partial charge in [0.05, 0.1) is 5.69 Å². The van der Waals surface area contributed by atoms with Gasteiger partial charge < -0.3 is 21.3 Å². The van der Waals surface area contributed by atoms with Gasteiger partial charge in [0.2, 0.25) is 0 Å². The van der Waals surface area contributed by atoms with Crippen LogP contribution < -0.4 is 22.5 Å². The number of piperidine rings is 2. The van der Waals surface area contributed by atoms with Gasteiger partial charge in [-0.3, -0.25) is 9.88 Å². The molecule has 1 aliphatic carbocycles. The van der Waals surface area contributed by atoms with Crippen LogP contribution in [-0.2, 0) is 6.42 Å². The van der Waals surface area contributed by atoms with E-state index in [0.29, 0.717) is 13.1 Å². The zero-order valence-corrected chi connectivity index (χ0v) is 18.9. The number of carbonyl (C=O) groups is 1. The van der Waals surface area contributed by atoms with Crippen LogP contribution in [0.15, 0.2) is 41.3 Å². The van der Waals surface area contributed by atoms with Gasteiger partial charge in [0.15, 0.2) is 0 Å². The Hall–Kier alpha value is -2.75. The number of likely N-dealkylation sites (tertiary alicyclic amines) is 2. The van der Waals surface area contributed by atoms with Crippen LogP contribution in [0.4, 0.5) is 10.6 Å². The zero-order valence-electron chi connectivity index (χ0n) is 18.9. The van der Waals surface area contributed by atoms with Gasteiger partial charge in [-0.25, -0.2) is 9.59 Å². The van der Waals surface area contributed by atoms with Gasteiger partial charge in [0.1, 0.15) is 5.82 Å². The van der Waals surface area contributed by atoms with E-state index in [2.05, 4.69) is 27.3 Å². The minimum atomic E-state index is -0.424. The number of fused-ring (bicyclic) bond motifs is 1. The van der Waals surface area contributed by atoms with E-state index in [4.69, 9.17) is 11.5 Å². The predicted molar refractivity (Wildman–Crippen MR) is 127 cm³/mol. The molecule has 3 fully saturated rings. The van der Waals surface area contributed by atoms with Crippen molar-refractivity contribution >= 4 is 11.8 Å². The predicted octanol–water partition coefficient (Wildman–Crippen LogP) is 0.867. The summed E-state index contributed by atoms with van der Waals surface area (Å²) in [6, 6.07) is 9.58. The van der Waals surface area contributed by atoms with Crippen molar-refractivity contribution in [2.24, 2.45) is 29.2 Å². The highest BCUT2D eigenvalue weighted by Gasteiger charge is 2.54. The Bertz CT molecular complexity index is 1030. The molecular formula is C24H33N7O2. The third-order valence-electron chi connectivity index (χ3n) is 7.52. The van der Waals surface area contributed by atoms with Crippen LogP contribution in [0.3, 0.4) is 0 Å². The Morgan fingerprint density at radius 2 is 1.79 bits per heavy atom. The standard InChI is InChI=1S/C24H33N7O2/c25-13-19-20-14-29(15-21(19)20)9-5-16-1-3-18(4-2-16)31-12-8-22(28-24(31)33)27-23(32)30-10-6-17(26)7-11-30/h1-4,8,12,17,19-21H,5-7,9-11,13-15,25-26H2,(H,27,28,32,33)/t19-,20-,21+. The van der Waals surface area contributed by atoms with E-state index >= 15 is 0 Å². The van der Waals surface area contributed by atoms with E-state index in [0.717, 1.165) is 55.8 Å². The average molecular weight is 452 g/mol. The van der Waals surface area contributed by atoms with Gasteiger partial charge in [-0.1, -0.05) is 12.1 Å². The van der Waals surface area contributed by atoms with Crippen LogP contribution in [0.5, 0.6) is 0 Å². The fourth-order valence-corrected chi connectivity index (χ4v) is 5.34. The van der Waals surface area contributed by atoms with Crippen LogP contribution in [0.2, 0.25) is 0 Å². The number of hydrogen-bond acceptors (Lipinski definition) is 6. The number of anilines is 1. The van der Waals surface area contributed by atoms with Crippen LogP contribution in [0.1, 0.15) is 18.4 Å². The lowest BCUT2D eigenvalue weighted by molar-refractivity contribution is 0.195. The normalized spacial score (nSPS) is 25.2. The van der Waals surface area contributed by atoms with Gasteiger partial charge >= 0.3 is 11.7 Å². The summed E-state index contributed by atoms with van der Waals surface area (Å²) >= 11 is 0. The first-order valence-corrected chi connectivity index (χ1v) is 11.9. The Morgan fingerprint density at radius 3 is 2.42 bits per heavy atom. The number of aromatic nitrogens is 2. The summed E-state index contributed by atoms with van der Waals surface area (Å²) in [5.41, 5.74) is 13.3. The number of hydrogen-bond donors (Lipinski definition) is 3. The minimum absolute atomic E-state index is 0.150. The molecule has 2 saturated heterocycles. The van der Waals surface area contributed by atoms with Gasteiger partial charge in [-0.05, 0) is 67.3 Å². The summed E-state index contributed by atoms with van der Waals surface area (Å²) in [5, 5.41) is 2.72. The summed E-state index contributed by atoms with van der Waals surface area (Å²) < 4.78 is 1.49. The lowest BCUT2D eigenvalue weighted by Gasteiger charge is -2.29. The molecule has 2 amide bonds. The topological polar surface area (TPSA) is 123 Å². The molecule has 176 valence electrons. The number of rotatable bonds is 6. The molecule has 33 heavy (non-hydrogen) atoms. The lowest BCUT2D eigenvalue weighted by Crippen LogP contribution is -2.44. The Labute approximate surface area is 193 Å². The minimum Gasteiger partial charge on any atom is -0.330 e. The molecule has 9 heteroatoms. The summed E-state index contributed by atoms with van der Waals surface area (Å²) in [7, 11) is 0. The fourth-order valence-electron chi connectivity index (χ4n) is 5.34. The molecule has 1 saturated carbocycles. The third-order valence-corrected chi connectivity index (χ3v) is 7.52. The molecule has 0 bridgehead atoms. The molecule has 0 unspecified atom stereocenters. The van der Waals surface area contributed by atoms with Crippen molar-refractivity contribution < 1.29 is 4.79 Å². The second-order valence-corrected chi connectivity index (χ2v) is 9.62. The maximum absolute atomic E-state index is 12.6. The molecule has 3 heterocycles. The van der Waals surface area contributed by atoms with Crippen LogP contribution >= 0.6 is 0 Å². The number of benzene rings is 1. The number of nitrogens with two attached hydrogens (primary N) is 2. The van der Waals surface area contributed by atoms with Crippen molar-refractivity contribution in [1.29, 1.82) is 0 Å². The van der Waals surface area contributed by atoms with Crippen LogP contribution in [0.25, 0.3) is 5.69 Å². The molecule has 2 aliphatic heterocycles. The Morgan fingerprint density at radius 1 is 1.09 bits per heavy atom. The van der Waals surface area contributed by atoms with E-state index in [1.807, 2.05) is 12.1 Å². The second kappa shape index (κ2) is 9.24. The highest BCUT2D eigenvalue weighted by molar-refractivity contribution is 5.88. The van der Waals surface area contributed by atoms with E-state index in [1.165, 1.54) is 23.2 Å². The summed E-state index contributed by atoms with van der Waals surface area (Å²) in [6.07, 6.45) is 4.21. The molecule has 9 nitrogen and oxygen atoms in total. The number of amides is 2. The first-order chi connectivity index (χ1) is 16.0. The molecule has 0 radical (unpaired) electrons. The molecular weight excluding hydrogens is 418 g/mol. The monoisotopic (exact) mass is 451 g/mol. The lowest BCUT2D eigenvalue weighted by atomic mass is 10.1. The third kappa shape index (κ3) is 4.80. The van der Waals surface area contributed by atoms with Crippen molar-refractivity contribution in [2.45, 2.75) is 25.3 Å². The number of nitrogens with zero attached hydrogens (tertiary/aromatic N) is 4. The first kappa shape index (κ1) is 22.1. The maximum atomic E-state index is 12.6. The molecule has 5 N–H and O–H groups in total. The largest absolute Gasteiger partial charge is 0.354 e. The van der Waals surface area contributed by atoms with Gasteiger partial charge in [0.25, 0.3) is 0 Å². The number of nitrogens with one attached hydrogen (secondary N) is 1. The molecule has 3 aliphatic rings. The summed E-state index contributed by atoms with van der Waals surface area (Å²) in [5.74, 6) is 2.66. The van der Waals surface area contributed by atoms with Crippen molar-refractivity contribution in [3.63, 3.8) is 0 Å². The highest BCUT2D eigenvalue weighted by Crippen LogP contribution is 2.50. The van der Waals surface area contributed by atoms with E-state index in [1.54, 1.807) is 17.2 Å². The first-order valence-electron chi connectivity index (χ1n) is 11.9. The second-order valence-electron chi connectivity index (χ2n) is 9.62. The molecule has 1 aromatic heterocycles. The quantitative estimate of drug-likeness (QED) is 0.599. The van der Waals surface area contributed by atoms with Gasteiger partial charge in [-0.2, -0.15) is 4.98 Å². The Kier molecular flexibility index (Phi) is 6.18. The Balaban J connectivity index is 1.15. The number of carbonyl (C=O) groups excluding carboxylic acids is 1. The van der Waals surface area contributed by atoms with Crippen LogP contribution in [-0.4, -0.2) is 70.7 Å². The zero-order chi connectivity index (χ0) is 22.9. The van der Waals surface area contributed by atoms with Crippen molar-refractivity contribution in [3.05, 3.63) is 52.6 Å². The van der Waals surface area contributed by atoms with Crippen LogP contribution in [0, 0.1) is 17.8 Å². The van der Waals surface area contributed by atoms with E-state index in [-0.39, 0.29) is 17.9 Å². The van der Waals surface area contributed by atoms with Gasteiger partial charge in [-0.15, -0.1) is 0 Å². The molecule has 1 aromatic carbocycles. The average Bonchev–Trinajstić information content (AvgIpc) is 3.30. The SMILES string of the molecule is NC[C@@H]1[C@H]2CN(CCc3ccc(-n4ccc(NC(=O)N5CCC(N)CC5)nc4=O)cc3)C[C@@H]12.